The van der Waals surface area contributed by atoms with Gasteiger partial charge < -0.3 is 10.2 Å². The predicted molar refractivity (Wildman–Crippen MR) is 128 cm³/mol. The number of hydrogen-bond acceptors (Lipinski definition) is 7. The van der Waals surface area contributed by atoms with Crippen molar-refractivity contribution in [3.63, 3.8) is 0 Å². The summed E-state index contributed by atoms with van der Waals surface area (Å²) in [7, 11) is 0. The molecule has 4 aromatic rings. The summed E-state index contributed by atoms with van der Waals surface area (Å²) in [6.45, 7) is 4.72. The van der Waals surface area contributed by atoms with E-state index >= 15 is 0 Å². The van der Waals surface area contributed by atoms with Crippen LogP contribution < -0.4 is 5.32 Å². The van der Waals surface area contributed by atoms with E-state index in [2.05, 4.69) is 37.4 Å². The second kappa shape index (κ2) is 8.16. The molecule has 1 amide bonds. The van der Waals surface area contributed by atoms with Crippen LogP contribution in [0, 0.1) is 18.8 Å². The topological polar surface area (TPSA) is 102 Å². The summed E-state index contributed by atoms with van der Waals surface area (Å²) in [5.74, 6) is 1.50. The van der Waals surface area contributed by atoms with E-state index < -0.39 is 0 Å². The summed E-state index contributed by atoms with van der Waals surface area (Å²) in [5, 5.41) is 12.9. The molecular weight excluding hydrogens is 428 g/mol. The van der Waals surface area contributed by atoms with Gasteiger partial charge in [0.05, 0.1) is 24.0 Å². The Morgan fingerprint density at radius 3 is 2.71 bits per heavy atom. The third-order valence-electron chi connectivity index (χ3n) is 7.29. The Bertz CT molecular complexity index is 1350. The summed E-state index contributed by atoms with van der Waals surface area (Å²) >= 11 is 0. The van der Waals surface area contributed by atoms with Crippen LogP contribution in [-0.2, 0) is 0 Å². The Morgan fingerprint density at radius 2 is 1.88 bits per heavy atom. The van der Waals surface area contributed by atoms with Gasteiger partial charge in [-0.25, -0.2) is 15.0 Å². The normalized spacial score (nSPS) is 23.5. The van der Waals surface area contributed by atoms with Crippen LogP contribution in [0.2, 0.25) is 0 Å². The number of piperidine rings is 2. The number of para-hydroxylation sites is 1. The van der Waals surface area contributed by atoms with Gasteiger partial charge in [0, 0.05) is 29.9 Å². The van der Waals surface area contributed by atoms with Gasteiger partial charge in [-0.3, -0.25) is 4.79 Å². The molecule has 2 atom stereocenters. The van der Waals surface area contributed by atoms with Gasteiger partial charge in [0.1, 0.15) is 5.69 Å². The molecule has 1 saturated carbocycles. The number of benzene rings is 1. The number of pyridine rings is 1. The molecule has 34 heavy (non-hydrogen) atoms. The van der Waals surface area contributed by atoms with Gasteiger partial charge in [0.25, 0.3) is 5.91 Å². The van der Waals surface area contributed by atoms with Crippen LogP contribution in [0.1, 0.15) is 35.9 Å². The number of aromatic nitrogens is 6. The molecule has 3 aliphatic rings. The maximum absolute atomic E-state index is 14.0. The van der Waals surface area contributed by atoms with Crippen molar-refractivity contribution in [2.75, 3.05) is 11.9 Å². The van der Waals surface area contributed by atoms with Crippen LogP contribution in [-0.4, -0.2) is 59.4 Å². The number of anilines is 1. The lowest BCUT2D eigenvalue weighted by molar-refractivity contribution is -0.0505. The fraction of sp³-hybridized carbons (Fsp3) is 0.360. The number of amides is 1. The molecule has 3 fully saturated rings. The van der Waals surface area contributed by atoms with Crippen molar-refractivity contribution in [1.82, 2.24) is 34.8 Å². The van der Waals surface area contributed by atoms with Crippen molar-refractivity contribution in [3.05, 3.63) is 66.4 Å². The fourth-order valence-corrected chi connectivity index (χ4v) is 5.31. The van der Waals surface area contributed by atoms with Gasteiger partial charge >= 0.3 is 0 Å². The second-order valence-corrected chi connectivity index (χ2v) is 9.30. The second-order valence-electron chi connectivity index (χ2n) is 9.30. The minimum atomic E-state index is -0.0720. The molecule has 172 valence electrons. The molecule has 0 radical (unpaired) electrons. The van der Waals surface area contributed by atoms with Crippen molar-refractivity contribution in [3.8, 4) is 5.69 Å². The molecule has 2 aliphatic heterocycles. The molecule has 3 aromatic heterocycles. The summed E-state index contributed by atoms with van der Waals surface area (Å²) in [6.07, 6.45) is 7.11. The highest BCUT2D eigenvalue weighted by molar-refractivity contribution is 5.96. The Kier molecular flexibility index (Phi) is 4.97. The summed E-state index contributed by atoms with van der Waals surface area (Å²) in [4.78, 5) is 31.2. The van der Waals surface area contributed by atoms with E-state index in [0.29, 0.717) is 35.7 Å². The molecule has 2 unspecified atom stereocenters. The van der Waals surface area contributed by atoms with E-state index in [1.165, 1.54) is 4.80 Å². The SMILES string of the molecule is Cc1ccc(-n2nccn2)c(C(=O)N2C3CC(C3)C(C)C2CNc2ncc3ccccc3n2)n1. The van der Waals surface area contributed by atoms with Gasteiger partial charge in [0.15, 0.2) is 5.69 Å². The fourth-order valence-electron chi connectivity index (χ4n) is 5.31. The minimum absolute atomic E-state index is 0.0146. The molecule has 7 rings (SSSR count). The summed E-state index contributed by atoms with van der Waals surface area (Å²) < 4.78 is 0. The highest BCUT2D eigenvalue weighted by Gasteiger charge is 2.51. The third-order valence-corrected chi connectivity index (χ3v) is 7.29. The molecule has 9 nitrogen and oxygen atoms in total. The molecule has 5 heterocycles. The molecule has 1 aromatic carbocycles. The molecule has 1 N–H and O–H groups in total. The van der Waals surface area contributed by atoms with Gasteiger partial charge in [0.2, 0.25) is 5.95 Å². The lowest BCUT2D eigenvalue weighted by atomic mass is 9.64. The molecular formula is C25H26N8O. The number of aryl methyl sites for hydroxylation is 1. The molecule has 0 spiro atoms. The minimum Gasteiger partial charge on any atom is -0.352 e. The van der Waals surface area contributed by atoms with Gasteiger partial charge in [-0.2, -0.15) is 10.2 Å². The first-order chi connectivity index (χ1) is 16.6. The van der Waals surface area contributed by atoms with Gasteiger partial charge in [-0.05, 0) is 49.8 Å². The van der Waals surface area contributed by atoms with Crippen molar-refractivity contribution in [1.29, 1.82) is 0 Å². The average molecular weight is 455 g/mol. The van der Waals surface area contributed by atoms with Crippen LogP contribution in [0.3, 0.4) is 0 Å². The predicted octanol–water partition coefficient (Wildman–Crippen LogP) is 3.27. The summed E-state index contributed by atoms with van der Waals surface area (Å²) in [6, 6.07) is 11.9. The number of nitrogens with zero attached hydrogens (tertiary/aromatic N) is 7. The lowest BCUT2D eigenvalue weighted by Crippen LogP contribution is -2.64. The highest BCUT2D eigenvalue weighted by Crippen LogP contribution is 2.47. The third kappa shape index (κ3) is 3.48. The van der Waals surface area contributed by atoms with E-state index in [1.807, 2.05) is 54.4 Å². The first-order valence-electron chi connectivity index (χ1n) is 11.7. The average Bonchev–Trinajstić information content (AvgIpc) is 3.36. The van der Waals surface area contributed by atoms with Gasteiger partial charge in [-0.15, -0.1) is 4.80 Å². The number of fused-ring (bicyclic) bond motifs is 3. The van der Waals surface area contributed by atoms with E-state index in [0.717, 1.165) is 29.4 Å². The van der Waals surface area contributed by atoms with Crippen LogP contribution in [0.5, 0.6) is 0 Å². The monoisotopic (exact) mass is 454 g/mol. The van der Waals surface area contributed by atoms with Crippen LogP contribution in [0.15, 0.2) is 55.0 Å². The number of carbonyl (C=O) groups excluding carboxylic acids is 1. The van der Waals surface area contributed by atoms with Crippen LogP contribution >= 0.6 is 0 Å². The number of rotatable bonds is 5. The summed E-state index contributed by atoms with van der Waals surface area (Å²) in [5.41, 5.74) is 2.67. The first kappa shape index (κ1) is 20.7. The standard InChI is InChI=1S/C25H26N8O/c1-15-7-8-21(33-28-9-10-29-33)23(30-15)24(34)32-19-11-18(12-19)16(2)22(32)14-27-25-26-13-17-5-3-4-6-20(17)31-25/h3-10,13,16,18-19,22H,11-12,14H2,1-2H3,(H,26,27,31). The maximum atomic E-state index is 14.0. The largest absolute Gasteiger partial charge is 0.352 e. The van der Waals surface area contributed by atoms with Gasteiger partial charge in [-0.1, -0.05) is 25.1 Å². The van der Waals surface area contributed by atoms with E-state index in [4.69, 9.17) is 0 Å². The molecule has 9 heteroatoms. The molecule has 2 saturated heterocycles. The lowest BCUT2D eigenvalue weighted by Gasteiger charge is -2.57. The molecule has 2 bridgehead atoms. The van der Waals surface area contributed by atoms with E-state index in [1.54, 1.807) is 12.4 Å². The van der Waals surface area contributed by atoms with Crippen LogP contribution in [0.4, 0.5) is 5.95 Å². The Hall–Kier alpha value is -3.88. The highest BCUT2D eigenvalue weighted by atomic mass is 16.2. The zero-order valence-corrected chi connectivity index (χ0v) is 19.2. The van der Waals surface area contributed by atoms with Crippen molar-refractivity contribution < 1.29 is 4.79 Å². The Labute approximate surface area is 197 Å². The first-order valence-corrected chi connectivity index (χ1v) is 11.7. The Morgan fingerprint density at radius 1 is 1.09 bits per heavy atom. The molecule has 1 aliphatic carbocycles. The number of carbonyl (C=O) groups is 1. The van der Waals surface area contributed by atoms with Crippen LogP contribution in [0.25, 0.3) is 16.6 Å². The maximum Gasteiger partial charge on any atom is 0.275 e. The van der Waals surface area contributed by atoms with Crippen molar-refractivity contribution >= 4 is 22.8 Å². The van der Waals surface area contributed by atoms with Crippen molar-refractivity contribution in [2.24, 2.45) is 11.8 Å². The van der Waals surface area contributed by atoms with E-state index in [-0.39, 0.29) is 18.0 Å². The smallest absolute Gasteiger partial charge is 0.275 e. The Balaban J connectivity index is 1.30. The van der Waals surface area contributed by atoms with Crippen molar-refractivity contribution in [2.45, 2.75) is 38.8 Å². The number of nitrogens with one attached hydrogen (secondary N) is 1. The zero-order valence-electron chi connectivity index (χ0n) is 19.2. The zero-order chi connectivity index (χ0) is 23.2. The number of hydrogen-bond donors (Lipinski definition) is 1. The quantitative estimate of drug-likeness (QED) is 0.494. The van der Waals surface area contributed by atoms with E-state index in [9.17, 15) is 4.79 Å².